The summed E-state index contributed by atoms with van der Waals surface area (Å²) in [6.45, 7) is 5.11. The van der Waals surface area contributed by atoms with Crippen molar-refractivity contribution in [2.75, 3.05) is 19.6 Å². The fourth-order valence-corrected chi connectivity index (χ4v) is 2.82. The highest BCUT2D eigenvalue weighted by Gasteiger charge is 2.16. The molecule has 2 heterocycles. The summed E-state index contributed by atoms with van der Waals surface area (Å²) < 4.78 is 1.69. The number of nitrogens with one attached hydrogen (secondary N) is 1. The van der Waals surface area contributed by atoms with Crippen molar-refractivity contribution >= 4 is 29.9 Å². The van der Waals surface area contributed by atoms with E-state index in [2.05, 4.69) is 10.4 Å². The number of amides is 1. The van der Waals surface area contributed by atoms with E-state index in [0.717, 1.165) is 43.7 Å². The molecule has 1 aliphatic heterocycles. The van der Waals surface area contributed by atoms with Crippen molar-refractivity contribution in [3.63, 3.8) is 0 Å². The molecule has 1 aromatic rings. The molecule has 0 bridgehead atoms. The van der Waals surface area contributed by atoms with Gasteiger partial charge in [0, 0.05) is 45.2 Å². The van der Waals surface area contributed by atoms with E-state index in [9.17, 15) is 4.79 Å². The first-order valence-electron chi connectivity index (χ1n) is 7.26. The fourth-order valence-electron chi connectivity index (χ4n) is 2.58. The van der Waals surface area contributed by atoms with E-state index in [4.69, 9.17) is 11.6 Å². The summed E-state index contributed by atoms with van der Waals surface area (Å²) in [5.74, 6) is 0.292. The van der Waals surface area contributed by atoms with E-state index in [-0.39, 0.29) is 12.4 Å². The van der Waals surface area contributed by atoms with Gasteiger partial charge in [-0.2, -0.15) is 5.10 Å². The van der Waals surface area contributed by atoms with Crippen LogP contribution in [0.4, 0.5) is 0 Å². The average Bonchev–Trinajstić information content (AvgIpc) is 2.58. The first-order valence-corrected chi connectivity index (χ1v) is 7.64. The monoisotopic (exact) mass is 334 g/mol. The maximum absolute atomic E-state index is 11.9. The average molecular weight is 335 g/mol. The van der Waals surface area contributed by atoms with Crippen molar-refractivity contribution in [2.45, 2.75) is 39.2 Å². The van der Waals surface area contributed by atoms with Gasteiger partial charge in [-0.05, 0) is 19.8 Å². The molecule has 0 atom stereocenters. The summed E-state index contributed by atoms with van der Waals surface area (Å²) in [6, 6.07) is 0. The van der Waals surface area contributed by atoms with Gasteiger partial charge in [0.1, 0.15) is 5.15 Å². The molecule has 1 N–H and O–H groups in total. The van der Waals surface area contributed by atoms with Crippen molar-refractivity contribution in [3.8, 4) is 0 Å². The maximum atomic E-state index is 11.9. The van der Waals surface area contributed by atoms with Gasteiger partial charge in [0.05, 0.1) is 5.69 Å². The standard InChI is InChI=1S/C14H23ClN4O.ClH/c1-11-12(14(15)18(2)17-11)10-16-7-9-19-8-5-3-4-6-13(19)20;/h16H,3-10H2,1-2H3;1H. The Hall–Kier alpha value is -0.780. The molecule has 0 aliphatic carbocycles. The van der Waals surface area contributed by atoms with Crippen LogP contribution >= 0.6 is 24.0 Å². The molecule has 21 heavy (non-hydrogen) atoms. The lowest BCUT2D eigenvalue weighted by atomic mass is 10.2. The molecule has 0 unspecified atom stereocenters. The second kappa shape index (κ2) is 8.61. The highest BCUT2D eigenvalue weighted by atomic mass is 35.5. The number of hydrogen-bond donors (Lipinski definition) is 1. The van der Waals surface area contributed by atoms with Crippen molar-refractivity contribution in [1.82, 2.24) is 20.0 Å². The topological polar surface area (TPSA) is 50.2 Å². The summed E-state index contributed by atoms with van der Waals surface area (Å²) in [7, 11) is 1.84. The number of likely N-dealkylation sites (tertiary alicyclic amines) is 1. The zero-order valence-corrected chi connectivity index (χ0v) is 14.3. The molecule has 7 heteroatoms. The minimum Gasteiger partial charge on any atom is -0.341 e. The number of carbonyl (C=O) groups is 1. The summed E-state index contributed by atoms with van der Waals surface area (Å²) in [5.41, 5.74) is 1.99. The number of rotatable bonds is 5. The third kappa shape index (κ3) is 4.87. The Morgan fingerprint density at radius 2 is 2.10 bits per heavy atom. The zero-order valence-electron chi connectivity index (χ0n) is 12.7. The molecule has 5 nitrogen and oxygen atoms in total. The predicted molar refractivity (Wildman–Crippen MR) is 87.0 cm³/mol. The van der Waals surface area contributed by atoms with Crippen LogP contribution in [0.1, 0.15) is 36.9 Å². The lowest BCUT2D eigenvalue weighted by molar-refractivity contribution is -0.130. The fraction of sp³-hybridized carbons (Fsp3) is 0.714. The van der Waals surface area contributed by atoms with Crippen LogP contribution in [-0.2, 0) is 18.4 Å². The molecule has 1 fully saturated rings. The van der Waals surface area contributed by atoms with Gasteiger partial charge in [0.25, 0.3) is 0 Å². The summed E-state index contributed by atoms with van der Waals surface area (Å²) >= 11 is 6.18. The van der Waals surface area contributed by atoms with Gasteiger partial charge in [-0.3, -0.25) is 9.48 Å². The second-order valence-corrected chi connectivity index (χ2v) is 5.70. The highest BCUT2D eigenvalue weighted by Crippen LogP contribution is 2.18. The lowest BCUT2D eigenvalue weighted by Gasteiger charge is -2.20. The third-order valence-electron chi connectivity index (χ3n) is 3.80. The van der Waals surface area contributed by atoms with Crippen molar-refractivity contribution < 1.29 is 4.79 Å². The molecule has 2 rings (SSSR count). The van der Waals surface area contributed by atoms with Crippen molar-refractivity contribution in [2.24, 2.45) is 7.05 Å². The SMILES string of the molecule is Cc1nn(C)c(Cl)c1CNCCN1CCCCCC1=O.Cl. The molecular weight excluding hydrogens is 311 g/mol. The number of aryl methyl sites for hydroxylation is 2. The summed E-state index contributed by atoms with van der Waals surface area (Å²) in [4.78, 5) is 13.8. The van der Waals surface area contributed by atoms with Crippen LogP contribution < -0.4 is 5.32 Å². The Morgan fingerprint density at radius 1 is 1.33 bits per heavy atom. The van der Waals surface area contributed by atoms with Gasteiger partial charge >= 0.3 is 0 Å². The molecule has 0 saturated carbocycles. The summed E-state index contributed by atoms with van der Waals surface area (Å²) in [5, 5.41) is 8.32. The molecule has 1 aliphatic rings. The van der Waals surface area contributed by atoms with E-state index in [1.54, 1.807) is 4.68 Å². The zero-order chi connectivity index (χ0) is 14.5. The van der Waals surface area contributed by atoms with Crippen LogP contribution in [0.3, 0.4) is 0 Å². The van der Waals surface area contributed by atoms with Crippen molar-refractivity contribution in [1.29, 1.82) is 0 Å². The quantitative estimate of drug-likeness (QED) is 0.840. The van der Waals surface area contributed by atoms with Crippen LogP contribution in [0.5, 0.6) is 0 Å². The Balaban J connectivity index is 0.00000220. The minimum absolute atomic E-state index is 0. The molecule has 0 radical (unpaired) electrons. The number of halogens is 2. The van der Waals surface area contributed by atoms with E-state index in [1.807, 2.05) is 18.9 Å². The number of carbonyl (C=O) groups excluding carboxylic acids is 1. The Bertz CT molecular complexity index is 476. The van der Waals surface area contributed by atoms with Gasteiger partial charge in [0.15, 0.2) is 0 Å². The van der Waals surface area contributed by atoms with Crippen molar-refractivity contribution in [3.05, 3.63) is 16.4 Å². The van der Waals surface area contributed by atoms with Crippen LogP contribution in [0.15, 0.2) is 0 Å². The first-order chi connectivity index (χ1) is 9.59. The molecule has 0 spiro atoms. The largest absolute Gasteiger partial charge is 0.341 e. The van der Waals surface area contributed by atoms with Gasteiger partial charge in [-0.15, -0.1) is 12.4 Å². The Morgan fingerprint density at radius 3 is 2.76 bits per heavy atom. The third-order valence-corrected chi connectivity index (χ3v) is 4.27. The molecule has 1 amide bonds. The van der Waals surface area contributed by atoms with Gasteiger partial charge in [-0.25, -0.2) is 0 Å². The van der Waals surface area contributed by atoms with Crippen LogP contribution in [-0.4, -0.2) is 40.2 Å². The van der Waals surface area contributed by atoms with Crippen LogP contribution in [0.2, 0.25) is 5.15 Å². The predicted octanol–water partition coefficient (Wildman–Crippen LogP) is 2.30. The van der Waals surface area contributed by atoms with Gasteiger partial charge in [-0.1, -0.05) is 18.0 Å². The Labute approximate surface area is 137 Å². The molecule has 1 saturated heterocycles. The lowest BCUT2D eigenvalue weighted by Crippen LogP contribution is -2.36. The number of nitrogens with zero attached hydrogens (tertiary/aromatic N) is 3. The minimum atomic E-state index is 0. The van der Waals surface area contributed by atoms with Crippen LogP contribution in [0.25, 0.3) is 0 Å². The molecule has 0 aromatic carbocycles. The second-order valence-electron chi connectivity index (χ2n) is 5.35. The van der Waals surface area contributed by atoms with E-state index in [0.29, 0.717) is 24.0 Å². The first kappa shape index (κ1) is 18.3. The number of hydrogen-bond acceptors (Lipinski definition) is 3. The maximum Gasteiger partial charge on any atom is 0.222 e. The molecule has 1 aromatic heterocycles. The normalized spacial score (nSPS) is 15.8. The van der Waals surface area contributed by atoms with Crippen LogP contribution in [0, 0.1) is 6.92 Å². The van der Waals surface area contributed by atoms with E-state index >= 15 is 0 Å². The van der Waals surface area contributed by atoms with Gasteiger partial charge < -0.3 is 10.2 Å². The Kier molecular flexibility index (Phi) is 7.49. The summed E-state index contributed by atoms with van der Waals surface area (Å²) in [6.07, 6.45) is 4.03. The van der Waals surface area contributed by atoms with Gasteiger partial charge in [0.2, 0.25) is 5.91 Å². The molecular formula is C14H24Cl2N4O. The number of aromatic nitrogens is 2. The smallest absolute Gasteiger partial charge is 0.222 e. The molecule has 120 valence electrons. The van der Waals surface area contributed by atoms with E-state index in [1.165, 1.54) is 6.42 Å². The highest BCUT2D eigenvalue weighted by molar-refractivity contribution is 6.30. The van der Waals surface area contributed by atoms with E-state index < -0.39 is 0 Å².